The van der Waals surface area contributed by atoms with Crippen molar-refractivity contribution < 1.29 is 9.90 Å². The second kappa shape index (κ2) is 5.09. The maximum atomic E-state index is 10.2. The largest absolute Gasteiger partial charge is 0.548 e. The van der Waals surface area contributed by atoms with E-state index in [0.717, 1.165) is 6.42 Å². The minimum absolute atomic E-state index is 0.464. The first-order valence-electron chi connectivity index (χ1n) is 3.00. The maximum Gasteiger partial charge on any atom is 0.0995 e. The molecule has 0 radical (unpaired) electrons. The van der Waals surface area contributed by atoms with Crippen LogP contribution in [0.4, 0.5) is 0 Å². The molecule has 0 saturated heterocycles. The van der Waals surface area contributed by atoms with Gasteiger partial charge in [-0.05, 0) is 18.6 Å². The molecule has 0 aliphatic rings. The summed E-state index contributed by atoms with van der Waals surface area (Å²) in [5.41, 5.74) is 0. The van der Waals surface area contributed by atoms with Crippen LogP contribution in [0.2, 0.25) is 0 Å². The molecule has 0 fully saturated rings. The van der Waals surface area contributed by atoms with Crippen molar-refractivity contribution in [2.75, 3.05) is 0 Å². The van der Waals surface area contributed by atoms with Gasteiger partial charge in [-0.25, -0.2) is 4.99 Å². The predicted molar refractivity (Wildman–Crippen MR) is 38.7 cm³/mol. The van der Waals surface area contributed by atoms with Crippen LogP contribution < -0.4 is 5.11 Å². The summed E-state index contributed by atoms with van der Waals surface area (Å²) in [6, 6.07) is -0.803. The fourth-order valence-corrected chi connectivity index (χ4v) is 0.699. The third-order valence-corrected chi connectivity index (χ3v) is 1.15. The van der Waals surface area contributed by atoms with Gasteiger partial charge in [-0.15, -0.1) is 0 Å². The molecule has 3 nitrogen and oxygen atoms in total. The number of isothiocyanates is 1. The Hall–Kier alpha value is -0.730. The number of carboxylic acid groups (broad SMARTS) is 1. The molecule has 0 rings (SSSR count). The zero-order valence-electron chi connectivity index (χ0n) is 5.66. The molecule has 56 valence electrons. The Morgan fingerprint density at radius 3 is 2.80 bits per heavy atom. The first kappa shape index (κ1) is 9.27. The Morgan fingerprint density at radius 2 is 2.50 bits per heavy atom. The van der Waals surface area contributed by atoms with E-state index in [4.69, 9.17) is 0 Å². The normalized spacial score (nSPS) is 11.7. The molecule has 1 unspecified atom stereocenters. The summed E-state index contributed by atoms with van der Waals surface area (Å²) in [6.45, 7) is 1.87. The van der Waals surface area contributed by atoms with E-state index in [1.165, 1.54) is 0 Å². The molecule has 10 heavy (non-hydrogen) atoms. The number of hydrogen-bond acceptors (Lipinski definition) is 4. The number of aliphatic carboxylic acids is 1. The van der Waals surface area contributed by atoms with Crippen LogP contribution in [0.5, 0.6) is 0 Å². The lowest BCUT2D eigenvalue weighted by molar-refractivity contribution is -0.307. The lowest BCUT2D eigenvalue weighted by Crippen LogP contribution is -2.34. The van der Waals surface area contributed by atoms with Crippen LogP contribution in [-0.2, 0) is 4.79 Å². The van der Waals surface area contributed by atoms with Crippen LogP contribution >= 0.6 is 12.2 Å². The van der Waals surface area contributed by atoms with Gasteiger partial charge in [0.1, 0.15) is 0 Å². The highest BCUT2D eigenvalue weighted by Gasteiger charge is 2.03. The monoisotopic (exact) mass is 158 g/mol. The molecule has 0 spiro atoms. The standard InChI is InChI=1S/C6H9NO2S/c1-2-3-5(6(8)9)7-4-10/h5H,2-3H2,1H3,(H,8,9)/p-1. The van der Waals surface area contributed by atoms with Gasteiger partial charge < -0.3 is 9.90 Å². The Labute approximate surface area is 64.8 Å². The number of aliphatic imine (C=N–C) groups is 1. The second-order valence-electron chi connectivity index (χ2n) is 1.84. The molecule has 0 aliphatic carbocycles. The predicted octanol–water partition coefficient (Wildman–Crippen LogP) is 0.00780. The highest BCUT2D eigenvalue weighted by atomic mass is 32.1. The first-order valence-corrected chi connectivity index (χ1v) is 3.41. The van der Waals surface area contributed by atoms with Crippen molar-refractivity contribution in [3.63, 3.8) is 0 Å². The summed E-state index contributed by atoms with van der Waals surface area (Å²) >= 11 is 4.25. The Bertz CT molecular complexity index is 161. The average molecular weight is 158 g/mol. The molecule has 0 heterocycles. The van der Waals surface area contributed by atoms with Crippen LogP contribution in [0.3, 0.4) is 0 Å². The molecular weight excluding hydrogens is 150 g/mol. The van der Waals surface area contributed by atoms with Crippen LogP contribution in [0.15, 0.2) is 4.99 Å². The van der Waals surface area contributed by atoms with E-state index < -0.39 is 12.0 Å². The van der Waals surface area contributed by atoms with E-state index in [9.17, 15) is 9.90 Å². The van der Waals surface area contributed by atoms with Crippen LogP contribution in [0, 0.1) is 0 Å². The van der Waals surface area contributed by atoms with Crippen molar-refractivity contribution in [3.05, 3.63) is 0 Å². The Balaban J connectivity index is 3.97. The fraction of sp³-hybridized carbons (Fsp3) is 0.667. The van der Waals surface area contributed by atoms with E-state index >= 15 is 0 Å². The van der Waals surface area contributed by atoms with Crippen molar-refractivity contribution >= 4 is 23.3 Å². The smallest absolute Gasteiger partial charge is 0.0995 e. The molecule has 0 saturated carbocycles. The van der Waals surface area contributed by atoms with Crippen molar-refractivity contribution in [3.8, 4) is 0 Å². The molecular formula is C6H8NO2S-. The van der Waals surface area contributed by atoms with Crippen LogP contribution in [-0.4, -0.2) is 17.2 Å². The summed E-state index contributed by atoms with van der Waals surface area (Å²) in [5, 5.41) is 12.2. The molecule has 0 aromatic rings. The van der Waals surface area contributed by atoms with Gasteiger partial charge in [0.25, 0.3) is 0 Å². The lowest BCUT2D eigenvalue weighted by atomic mass is 10.2. The Morgan fingerprint density at radius 1 is 1.90 bits per heavy atom. The van der Waals surface area contributed by atoms with Gasteiger partial charge in [0.15, 0.2) is 0 Å². The average Bonchev–Trinajstić information content (AvgIpc) is 1.87. The van der Waals surface area contributed by atoms with Gasteiger partial charge in [-0.3, -0.25) is 0 Å². The third kappa shape index (κ3) is 3.33. The van der Waals surface area contributed by atoms with Gasteiger partial charge in [-0.1, -0.05) is 13.3 Å². The van der Waals surface area contributed by atoms with E-state index in [-0.39, 0.29) is 0 Å². The number of rotatable bonds is 4. The van der Waals surface area contributed by atoms with E-state index in [1.807, 2.05) is 12.1 Å². The third-order valence-electron chi connectivity index (χ3n) is 1.04. The lowest BCUT2D eigenvalue weighted by Gasteiger charge is -2.08. The summed E-state index contributed by atoms with van der Waals surface area (Å²) in [6.07, 6.45) is 1.21. The number of hydrogen-bond donors (Lipinski definition) is 0. The van der Waals surface area contributed by atoms with Gasteiger partial charge in [-0.2, -0.15) is 0 Å². The van der Waals surface area contributed by atoms with Crippen LogP contribution in [0.25, 0.3) is 0 Å². The minimum Gasteiger partial charge on any atom is -0.548 e. The SMILES string of the molecule is CCCC(N=C=S)C(=O)[O-]. The quantitative estimate of drug-likeness (QED) is 0.427. The summed E-state index contributed by atoms with van der Waals surface area (Å²) in [4.78, 5) is 13.6. The summed E-state index contributed by atoms with van der Waals surface area (Å²) < 4.78 is 0. The van der Waals surface area contributed by atoms with Gasteiger partial charge >= 0.3 is 0 Å². The molecule has 0 N–H and O–H groups in total. The highest BCUT2D eigenvalue weighted by molar-refractivity contribution is 7.78. The maximum absolute atomic E-state index is 10.2. The fourth-order valence-electron chi connectivity index (χ4n) is 0.572. The molecule has 0 amide bonds. The zero-order valence-corrected chi connectivity index (χ0v) is 6.48. The molecule has 1 atom stereocenters. The molecule has 4 heteroatoms. The number of nitrogens with zero attached hydrogens (tertiary/aromatic N) is 1. The van der Waals surface area contributed by atoms with E-state index in [1.54, 1.807) is 0 Å². The summed E-state index contributed by atoms with van der Waals surface area (Å²) in [7, 11) is 0. The summed E-state index contributed by atoms with van der Waals surface area (Å²) in [5.74, 6) is -1.18. The topological polar surface area (TPSA) is 52.5 Å². The molecule has 0 bridgehead atoms. The molecule has 0 aliphatic heterocycles. The number of carbonyl (C=O) groups excluding carboxylic acids is 1. The van der Waals surface area contributed by atoms with Crippen molar-refractivity contribution in [1.29, 1.82) is 0 Å². The van der Waals surface area contributed by atoms with Crippen LogP contribution in [0.1, 0.15) is 19.8 Å². The van der Waals surface area contributed by atoms with Gasteiger partial charge in [0.2, 0.25) is 0 Å². The van der Waals surface area contributed by atoms with Gasteiger partial charge in [0.05, 0.1) is 17.2 Å². The Kier molecular flexibility index (Phi) is 4.72. The number of thiocarbonyl (C=S) groups is 1. The minimum atomic E-state index is -1.18. The van der Waals surface area contributed by atoms with Crippen molar-refractivity contribution in [1.82, 2.24) is 0 Å². The second-order valence-corrected chi connectivity index (χ2v) is 2.03. The van der Waals surface area contributed by atoms with E-state index in [2.05, 4.69) is 17.2 Å². The van der Waals surface area contributed by atoms with Gasteiger partial charge in [0, 0.05) is 0 Å². The van der Waals surface area contributed by atoms with Crippen molar-refractivity contribution in [2.24, 2.45) is 4.99 Å². The number of carbonyl (C=O) groups is 1. The van der Waals surface area contributed by atoms with E-state index in [0.29, 0.717) is 6.42 Å². The van der Waals surface area contributed by atoms with Crippen molar-refractivity contribution in [2.45, 2.75) is 25.8 Å². The zero-order chi connectivity index (χ0) is 7.98. The molecule has 0 aromatic heterocycles. The highest BCUT2D eigenvalue weighted by Crippen LogP contribution is 1.98. The number of carboxylic acids is 1. The first-order chi connectivity index (χ1) is 4.72. The molecule has 0 aromatic carbocycles.